The molecule has 0 fully saturated rings. The quantitative estimate of drug-likeness (QED) is 0.0167. The smallest absolute Gasteiger partial charge is 0.389 e. The SMILES string of the molecule is COc1ccc(C(OCC(COCC(CCCNC(=O)C(F)=S)(CCCC(F)(F)F)CCCC(F)(F)F)OP(OCCC#N)N(C(C)C)C(C)C)(c2ccccc2)c2ccc(OC)cc2)cc1. The highest BCUT2D eigenvalue weighted by Crippen LogP contribution is 2.49. The first kappa shape index (κ1) is 57.4. The lowest BCUT2D eigenvalue weighted by atomic mass is 9.75. The number of ether oxygens (including phenoxy) is 4. The van der Waals surface area contributed by atoms with Gasteiger partial charge in [-0.1, -0.05) is 54.6 Å². The molecule has 2 atom stereocenters. The van der Waals surface area contributed by atoms with Crippen LogP contribution < -0.4 is 14.8 Å². The average Bonchev–Trinajstić information content (AvgIpc) is 3.27. The molecule has 3 aromatic carbocycles. The van der Waals surface area contributed by atoms with Crippen LogP contribution in [-0.4, -0.2) is 93.4 Å². The zero-order valence-corrected chi connectivity index (χ0v) is 40.6. The number of alkyl halides is 6. The summed E-state index contributed by atoms with van der Waals surface area (Å²) in [5, 5.41) is 10.3. The third-order valence-corrected chi connectivity index (χ3v) is 13.3. The molecule has 0 aliphatic heterocycles. The molecule has 1 amide bonds. The van der Waals surface area contributed by atoms with E-state index < -0.39 is 74.7 Å². The van der Waals surface area contributed by atoms with Crippen LogP contribution in [0.15, 0.2) is 78.9 Å². The molecule has 0 aromatic heterocycles. The van der Waals surface area contributed by atoms with Crippen molar-refractivity contribution in [3.05, 3.63) is 95.6 Å². The molecular formula is C48H63F7N3O7PS. The van der Waals surface area contributed by atoms with Gasteiger partial charge in [-0.25, -0.2) is 4.67 Å². The van der Waals surface area contributed by atoms with Crippen LogP contribution in [0.4, 0.5) is 30.7 Å². The number of nitriles is 1. The van der Waals surface area contributed by atoms with Crippen molar-refractivity contribution in [2.45, 2.75) is 122 Å². The minimum absolute atomic E-state index is 0.0312. The van der Waals surface area contributed by atoms with E-state index in [1.54, 1.807) is 38.5 Å². The van der Waals surface area contributed by atoms with Crippen molar-refractivity contribution in [3.8, 4) is 17.6 Å². The molecule has 0 radical (unpaired) electrons. The van der Waals surface area contributed by atoms with Crippen LogP contribution in [0, 0.1) is 16.7 Å². The minimum Gasteiger partial charge on any atom is -0.497 e. The third-order valence-electron chi connectivity index (χ3n) is 11.0. The van der Waals surface area contributed by atoms with E-state index in [9.17, 15) is 40.8 Å². The van der Waals surface area contributed by atoms with Gasteiger partial charge in [0.05, 0.1) is 53.1 Å². The normalized spacial score (nSPS) is 13.4. The second kappa shape index (κ2) is 27.9. The van der Waals surface area contributed by atoms with Gasteiger partial charge in [-0.2, -0.15) is 36.0 Å². The number of thiocarbonyl (C=S) groups is 1. The molecule has 19 heteroatoms. The first-order valence-electron chi connectivity index (χ1n) is 22.1. The number of halogens is 7. The van der Waals surface area contributed by atoms with Crippen molar-refractivity contribution in [3.63, 3.8) is 0 Å². The summed E-state index contributed by atoms with van der Waals surface area (Å²) in [6.07, 6.45) is -13.3. The van der Waals surface area contributed by atoms with E-state index in [0.717, 1.165) is 5.56 Å². The Morgan fingerprint density at radius 2 is 1.24 bits per heavy atom. The number of hydrogen-bond donors (Lipinski definition) is 1. The number of hydrogen-bond acceptors (Lipinski definition) is 10. The van der Waals surface area contributed by atoms with Gasteiger partial charge in [0.25, 0.3) is 19.6 Å². The largest absolute Gasteiger partial charge is 0.497 e. The number of methoxy groups -OCH3 is 2. The predicted octanol–water partition coefficient (Wildman–Crippen LogP) is 12.3. The molecule has 3 rings (SSSR count). The fourth-order valence-corrected chi connectivity index (χ4v) is 9.64. The Balaban J connectivity index is 2.18. The summed E-state index contributed by atoms with van der Waals surface area (Å²) in [5.41, 5.74) is -0.419. The van der Waals surface area contributed by atoms with Crippen LogP contribution in [0.2, 0.25) is 0 Å². The van der Waals surface area contributed by atoms with Gasteiger partial charge in [-0.05, 0) is 125 Å². The molecule has 0 bridgehead atoms. The number of carbonyl (C=O) groups excluding carboxylic acids is 1. The van der Waals surface area contributed by atoms with E-state index in [4.69, 9.17) is 28.0 Å². The standard InChI is InChI=1S/C48H63F7N3O7PS/c1-35(2)58(36(3)4)66(64-31-13-29-56)65-42(32-62-34-45(24-10-27-46(50,51)52,25-11-28-47(53,54)55)26-12-30-57-44(59)43(49)67)33-63-48(37-14-8-7-9-15-37,38-16-20-40(60-5)21-17-38)39-18-22-41(61-6)23-19-39/h7-9,14-23,35-36,42H,10-13,24-28,30-34H2,1-6H3,(H,57,59). The first-order chi connectivity index (χ1) is 31.7. The van der Waals surface area contributed by atoms with Crippen molar-refractivity contribution in [1.82, 2.24) is 9.99 Å². The summed E-state index contributed by atoms with van der Waals surface area (Å²) >= 11 is 4.29. The molecule has 2 unspecified atom stereocenters. The Morgan fingerprint density at radius 3 is 1.69 bits per heavy atom. The third kappa shape index (κ3) is 19.2. The van der Waals surface area contributed by atoms with E-state index in [1.807, 2.05) is 87.0 Å². The van der Waals surface area contributed by atoms with E-state index in [0.29, 0.717) is 22.6 Å². The molecule has 0 aliphatic carbocycles. The van der Waals surface area contributed by atoms with E-state index in [1.165, 1.54) is 0 Å². The molecular weight excluding hydrogens is 927 g/mol. The lowest BCUT2D eigenvalue weighted by Gasteiger charge is -2.40. The number of carbonyl (C=O) groups is 1. The monoisotopic (exact) mass is 989 g/mol. The van der Waals surface area contributed by atoms with Crippen molar-refractivity contribution in [1.29, 1.82) is 5.26 Å². The minimum atomic E-state index is -4.53. The van der Waals surface area contributed by atoms with Gasteiger partial charge in [0.1, 0.15) is 23.2 Å². The number of amides is 1. The molecule has 0 aliphatic rings. The Kier molecular flexibility index (Phi) is 23.9. The molecule has 0 spiro atoms. The van der Waals surface area contributed by atoms with Gasteiger partial charge in [0.2, 0.25) is 0 Å². The Morgan fingerprint density at radius 1 is 0.746 bits per heavy atom. The second-order valence-electron chi connectivity index (χ2n) is 16.7. The van der Waals surface area contributed by atoms with E-state index in [-0.39, 0.29) is 77.2 Å². The van der Waals surface area contributed by atoms with Crippen LogP contribution >= 0.6 is 20.7 Å². The van der Waals surface area contributed by atoms with Gasteiger partial charge in [0.15, 0.2) is 0 Å². The molecule has 67 heavy (non-hydrogen) atoms. The average molecular weight is 990 g/mol. The lowest BCUT2D eigenvalue weighted by molar-refractivity contribution is -0.140. The fraction of sp³-hybridized carbons (Fsp3) is 0.562. The maximum absolute atomic E-state index is 13.6. The Bertz CT molecular complexity index is 1880. The first-order valence-corrected chi connectivity index (χ1v) is 23.7. The fourth-order valence-electron chi connectivity index (χ4n) is 7.88. The van der Waals surface area contributed by atoms with Gasteiger partial charge in [-0.3, -0.25) is 4.79 Å². The van der Waals surface area contributed by atoms with Gasteiger partial charge < -0.3 is 33.3 Å². The lowest BCUT2D eigenvalue weighted by Crippen LogP contribution is -2.40. The van der Waals surface area contributed by atoms with Crippen LogP contribution in [-0.2, 0) is 28.9 Å². The highest BCUT2D eigenvalue weighted by atomic mass is 32.1. The summed E-state index contributed by atoms with van der Waals surface area (Å²) in [5.74, 6) is 0.0481. The van der Waals surface area contributed by atoms with Crippen LogP contribution in [0.5, 0.6) is 11.5 Å². The Hall–Kier alpha value is -3.95. The molecule has 3 aromatic rings. The maximum atomic E-state index is 13.6. The molecule has 10 nitrogen and oxygen atoms in total. The van der Waals surface area contributed by atoms with Gasteiger partial charge in [-0.15, -0.1) is 0 Å². The van der Waals surface area contributed by atoms with Crippen LogP contribution in [0.1, 0.15) is 102 Å². The van der Waals surface area contributed by atoms with Crippen LogP contribution in [0.25, 0.3) is 0 Å². The molecule has 0 heterocycles. The zero-order chi connectivity index (χ0) is 49.7. The molecule has 0 saturated carbocycles. The number of nitrogens with one attached hydrogen (secondary N) is 1. The predicted molar refractivity (Wildman–Crippen MR) is 247 cm³/mol. The summed E-state index contributed by atoms with van der Waals surface area (Å²) in [6.45, 7) is 7.00. The summed E-state index contributed by atoms with van der Waals surface area (Å²) in [7, 11) is 1.17. The molecule has 372 valence electrons. The van der Waals surface area contributed by atoms with Crippen molar-refractivity contribution < 1.29 is 63.5 Å². The van der Waals surface area contributed by atoms with Crippen LogP contribution in [0.3, 0.4) is 0 Å². The maximum Gasteiger partial charge on any atom is 0.389 e. The van der Waals surface area contributed by atoms with Gasteiger partial charge in [0, 0.05) is 31.5 Å². The highest BCUT2D eigenvalue weighted by molar-refractivity contribution is 7.81. The Labute approximate surface area is 396 Å². The van der Waals surface area contributed by atoms with E-state index >= 15 is 0 Å². The van der Waals surface area contributed by atoms with Gasteiger partial charge >= 0.3 is 12.4 Å². The van der Waals surface area contributed by atoms with Crippen molar-refractivity contribution in [2.24, 2.45) is 5.41 Å². The topological polar surface area (TPSA) is 112 Å². The number of benzene rings is 3. The highest BCUT2D eigenvalue weighted by Gasteiger charge is 2.41. The molecule has 1 N–H and O–H groups in total. The molecule has 0 saturated heterocycles. The number of nitrogens with zero attached hydrogens (tertiary/aromatic N) is 2. The summed E-state index contributed by atoms with van der Waals surface area (Å²) in [6, 6.07) is 26.0. The number of rotatable bonds is 31. The van der Waals surface area contributed by atoms with E-state index in [2.05, 4.69) is 23.6 Å². The zero-order valence-electron chi connectivity index (χ0n) is 38.9. The van der Waals surface area contributed by atoms with Crippen molar-refractivity contribution >= 4 is 31.8 Å². The second-order valence-corrected chi connectivity index (χ2v) is 18.4. The van der Waals surface area contributed by atoms with Crippen molar-refractivity contribution in [2.75, 3.05) is 47.2 Å². The summed E-state index contributed by atoms with van der Waals surface area (Å²) < 4.78 is 134. The summed E-state index contributed by atoms with van der Waals surface area (Å²) in [4.78, 5) is 11.9.